The van der Waals surface area contributed by atoms with Crippen LogP contribution in [0.5, 0.6) is 0 Å². The van der Waals surface area contributed by atoms with Crippen molar-refractivity contribution in [2.24, 2.45) is 30.2 Å². The van der Waals surface area contributed by atoms with Gasteiger partial charge in [0.2, 0.25) is 5.91 Å². The maximum Gasteiger partial charge on any atom is 0.265 e. The molecule has 1 saturated heterocycles. The minimum Gasteiger partial charge on any atom is -0.353 e. The predicted octanol–water partition coefficient (Wildman–Crippen LogP) is 1.36. The van der Waals surface area contributed by atoms with Gasteiger partial charge >= 0.3 is 0 Å². The Morgan fingerprint density at radius 1 is 1.36 bits per heavy atom. The molecule has 2 heterocycles. The number of halogens is 2. The molecule has 4 bridgehead atoms. The van der Waals surface area contributed by atoms with Crippen molar-refractivity contribution < 1.29 is 13.6 Å². The highest BCUT2D eigenvalue weighted by Gasteiger charge is 2.91. The summed E-state index contributed by atoms with van der Waals surface area (Å²) in [5.41, 5.74) is -0.618. The Balaban J connectivity index is 1.33. The molecule has 1 N–H and O–H groups in total. The molecule has 0 radical (unpaired) electrons. The van der Waals surface area contributed by atoms with E-state index in [1.807, 2.05) is 6.20 Å². The zero-order valence-electron chi connectivity index (χ0n) is 14.3. The molecule has 1 amide bonds. The minimum absolute atomic E-state index is 0.0984. The third-order valence-corrected chi connectivity index (χ3v) is 7.06. The molecule has 25 heavy (non-hydrogen) atoms. The van der Waals surface area contributed by atoms with Crippen LogP contribution < -0.4 is 5.32 Å². The lowest BCUT2D eigenvalue weighted by atomic mass is 9.98. The first-order valence-electron chi connectivity index (χ1n) is 9.22. The first kappa shape index (κ1) is 15.7. The molecular formula is C17H23F2N5O. The SMILES string of the molecule is Cn1cc(C(CNC(=O)C23C4CC(CC42)C3(F)F)N2CCCC2)nn1. The van der Waals surface area contributed by atoms with Gasteiger partial charge in [0.25, 0.3) is 5.92 Å². The zero-order chi connectivity index (χ0) is 17.4. The number of amides is 1. The van der Waals surface area contributed by atoms with E-state index in [4.69, 9.17) is 0 Å². The van der Waals surface area contributed by atoms with Crippen LogP contribution in [0.4, 0.5) is 8.78 Å². The van der Waals surface area contributed by atoms with Gasteiger partial charge in [0, 0.05) is 25.7 Å². The molecule has 8 heteroatoms. The highest BCUT2D eigenvalue weighted by atomic mass is 19.3. The van der Waals surface area contributed by atoms with Gasteiger partial charge in [-0.1, -0.05) is 5.21 Å². The Bertz CT molecular complexity index is 702. The van der Waals surface area contributed by atoms with Gasteiger partial charge in [-0.15, -0.1) is 5.10 Å². The lowest BCUT2D eigenvalue weighted by molar-refractivity contribution is -0.144. The predicted molar refractivity (Wildman–Crippen MR) is 84.6 cm³/mol. The number of nitrogens with zero attached hydrogens (tertiary/aromatic N) is 4. The van der Waals surface area contributed by atoms with Crippen molar-refractivity contribution in [2.75, 3.05) is 19.6 Å². The summed E-state index contributed by atoms with van der Waals surface area (Å²) in [5.74, 6) is -4.06. The fourth-order valence-corrected chi connectivity index (χ4v) is 5.89. The van der Waals surface area contributed by atoms with E-state index in [9.17, 15) is 13.6 Å². The average molecular weight is 351 g/mol. The molecule has 3 atom stereocenters. The standard InChI is InChI=1S/C17H23F2N5O/c1-23-9-13(21-22-23)14(24-4-2-3-5-24)8-20-15(25)16-11-6-10(7-12(11)16)17(16,18)19/h9-12,14H,2-8H2,1H3,(H,20,25). The van der Waals surface area contributed by atoms with Gasteiger partial charge in [-0.05, 0) is 50.6 Å². The monoisotopic (exact) mass is 351 g/mol. The van der Waals surface area contributed by atoms with E-state index < -0.39 is 23.2 Å². The smallest absolute Gasteiger partial charge is 0.265 e. The normalized spacial score (nSPS) is 38.9. The molecule has 1 aromatic rings. The topological polar surface area (TPSA) is 63.1 Å². The second kappa shape index (κ2) is 4.99. The second-order valence-electron chi connectivity index (χ2n) is 8.16. The van der Waals surface area contributed by atoms with Gasteiger partial charge in [-0.3, -0.25) is 14.4 Å². The lowest BCUT2D eigenvalue weighted by Gasteiger charge is -2.28. The molecule has 136 valence electrons. The van der Waals surface area contributed by atoms with E-state index in [1.54, 1.807) is 11.7 Å². The van der Waals surface area contributed by atoms with E-state index in [0.717, 1.165) is 31.6 Å². The van der Waals surface area contributed by atoms with Crippen molar-refractivity contribution in [1.29, 1.82) is 0 Å². The molecule has 0 aromatic carbocycles. The van der Waals surface area contributed by atoms with Gasteiger partial charge < -0.3 is 5.32 Å². The summed E-state index contributed by atoms with van der Waals surface area (Å²) in [7, 11) is 1.80. The summed E-state index contributed by atoms with van der Waals surface area (Å²) in [6, 6.07) is -0.0984. The quantitative estimate of drug-likeness (QED) is 0.870. The van der Waals surface area contributed by atoms with Crippen molar-refractivity contribution in [3.8, 4) is 0 Å². The van der Waals surface area contributed by atoms with Crippen LogP contribution in [0.15, 0.2) is 6.20 Å². The Kier molecular flexibility index (Phi) is 3.13. The molecule has 0 spiro atoms. The van der Waals surface area contributed by atoms with E-state index in [2.05, 4.69) is 20.5 Å². The highest BCUT2D eigenvalue weighted by molar-refractivity contribution is 5.89. The summed E-state index contributed by atoms with van der Waals surface area (Å²) < 4.78 is 30.8. The number of carbonyl (C=O) groups excluding carboxylic acids is 1. The first-order chi connectivity index (χ1) is 12.0. The third-order valence-electron chi connectivity index (χ3n) is 7.06. The molecule has 4 saturated carbocycles. The van der Waals surface area contributed by atoms with Gasteiger partial charge in [0.1, 0.15) is 11.1 Å². The number of carbonyl (C=O) groups is 1. The van der Waals surface area contributed by atoms with Crippen molar-refractivity contribution in [2.45, 2.75) is 37.6 Å². The minimum atomic E-state index is -2.83. The largest absolute Gasteiger partial charge is 0.353 e. The molecule has 6 nitrogen and oxygen atoms in total. The van der Waals surface area contributed by atoms with Gasteiger partial charge in [-0.2, -0.15) is 0 Å². The number of hydrogen-bond acceptors (Lipinski definition) is 4. The summed E-state index contributed by atoms with van der Waals surface area (Å²) in [5, 5.41) is 11.0. The van der Waals surface area contributed by atoms with Crippen LogP contribution in [0.1, 0.15) is 37.4 Å². The van der Waals surface area contributed by atoms with Crippen LogP contribution in [-0.4, -0.2) is 51.4 Å². The van der Waals surface area contributed by atoms with E-state index in [1.165, 1.54) is 0 Å². The average Bonchev–Trinajstić information content (AvgIpc) is 3.18. The lowest BCUT2D eigenvalue weighted by Crippen LogP contribution is -2.46. The van der Waals surface area contributed by atoms with Crippen LogP contribution in [0.2, 0.25) is 0 Å². The van der Waals surface area contributed by atoms with Gasteiger partial charge in [-0.25, -0.2) is 8.78 Å². The molecule has 1 aliphatic heterocycles. The number of aromatic nitrogens is 3. The van der Waals surface area contributed by atoms with Gasteiger partial charge in [0.05, 0.1) is 6.04 Å². The number of rotatable bonds is 5. The number of likely N-dealkylation sites (tertiary alicyclic amines) is 1. The van der Waals surface area contributed by atoms with Crippen LogP contribution in [-0.2, 0) is 11.8 Å². The van der Waals surface area contributed by atoms with E-state index >= 15 is 0 Å². The summed E-state index contributed by atoms with van der Waals surface area (Å²) in [6.45, 7) is 2.19. The van der Waals surface area contributed by atoms with Gasteiger partial charge in [0.15, 0.2) is 0 Å². The Morgan fingerprint density at radius 3 is 2.56 bits per heavy atom. The van der Waals surface area contributed by atoms with E-state index in [-0.39, 0.29) is 17.9 Å². The summed E-state index contributed by atoms with van der Waals surface area (Å²) in [4.78, 5) is 15.0. The van der Waals surface area contributed by atoms with Crippen LogP contribution in [0, 0.1) is 23.2 Å². The fraction of sp³-hybridized carbons (Fsp3) is 0.824. The maximum absolute atomic E-state index is 14.6. The third kappa shape index (κ3) is 1.89. The highest BCUT2D eigenvalue weighted by Crippen LogP contribution is 2.84. The summed E-state index contributed by atoms with van der Waals surface area (Å²) >= 11 is 0. The van der Waals surface area contributed by atoms with Crippen molar-refractivity contribution in [3.63, 3.8) is 0 Å². The Hall–Kier alpha value is -1.57. The van der Waals surface area contributed by atoms with Crippen LogP contribution in [0.3, 0.4) is 0 Å². The summed E-state index contributed by atoms with van der Waals surface area (Å²) in [6.07, 6.45) is 5.10. The van der Waals surface area contributed by atoms with Crippen molar-refractivity contribution in [3.05, 3.63) is 11.9 Å². The fourth-order valence-electron chi connectivity index (χ4n) is 5.89. The number of hydrogen-bond donors (Lipinski definition) is 1. The maximum atomic E-state index is 14.6. The first-order valence-corrected chi connectivity index (χ1v) is 9.22. The Morgan fingerprint density at radius 2 is 2.04 bits per heavy atom. The molecule has 5 aliphatic rings. The molecular weight excluding hydrogens is 328 g/mol. The second-order valence-corrected chi connectivity index (χ2v) is 8.16. The number of aryl methyl sites for hydroxylation is 1. The van der Waals surface area contributed by atoms with Crippen LogP contribution in [0.25, 0.3) is 0 Å². The molecule has 4 aliphatic carbocycles. The van der Waals surface area contributed by atoms with Crippen molar-refractivity contribution in [1.82, 2.24) is 25.2 Å². The van der Waals surface area contributed by atoms with E-state index in [0.29, 0.717) is 19.4 Å². The molecule has 1 aromatic heterocycles. The van der Waals surface area contributed by atoms with Crippen molar-refractivity contribution >= 4 is 5.91 Å². The molecule has 6 rings (SSSR count). The van der Waals surface area contributed by atoms with Crippen LogP contribution >= 0.6 is 0 Å². The zero-order valence-corrected chi connectivity index (χ0v) is 14.3. The number of alkyl halides is 2. The Labute approximate surface area is 144 Å². The molecule has 5 fully saturated rings. The number of nitrogens with one attached hydrogen (secondary N) is 1. The molecule has 3 unspecified atom stereocenters.